The van der Waals surface area contributed by atoms with Gasteiger partial charge in [0.05, 0.1) is 13.2 Å². The molecular weight excluding hydrogens is 536 g/mol. The Labute approximate surface area is 256 Å². The lowest BCUT2D eigenvalue weighted by molar-refractivity contribution is -0.143. The SMILES string of the molecule is C=C(C)C(=O)OCC(O)COCCCCCCCCCCCCCCCCCCCCOCC(O)COC(=O)C(=C)C. The van der Waals surface area contributed by atoms with Gasteiger partial charge in [-0.2, -0.15) is 0 Å². The van der Waals surface area contributed by atoms with Crippen LogP contribution in [0.5, 0.6) is 0 Å². The van der Waals surface area contributed by atoms with Crippen LogP contribution in [0.25, 0.3) is 0 Å². The minimum absolute atomic E-state index is 0.0551. The van der Waals surface area contributed by atoms with E-state index in [-0.39, 0.29) is 26.4 Å². The number of rotatable bonds is 31. The van der Waals surface area contributed by atoms with E-state index in [0.29, 0.717) is 24.4 Å². The molecule has 0 amide bonds. The fourth-order valence-corrected chi connectivity index (χ4v) is 4.36. The van der Waals surface area contributed by atoms with E-state index in [1.165, 1.54) is 89.9 Å². The van der Waals surface area contributed by atoms with Crippen LogP contribution in [0.4, 0.5) is 0 Å². The van der Waals surface area contributed by atoms with Crippen LogP contribution in [-0.4, -0.2) is 74.0 Å². The van der Waals surface area contributed by atoms with Gasteiger partial charge in [0.25, 0.3) is 0 Å². The molecule has 2 unspecified atom stereocenters. The molecule has 0 radical (unpaired) electrons. The van der Waals surface area contributed by atoms with Gasteiger partial charge in [0.1, 0.15) is 25.4 Å². The quantitative estimate of drug-likeness (QED) is 0.0498. The Morgan fingerprint density at radius 1 is 0.476 bits per heavy atom. The third kappa shape index (κ3) is 28.4. The zero-order valence-corrected chi connectivity index (χ0v) is 26.9. The standard InChI is InChI=1S/C34H62O8/c1-29(2)33(37)41-27-31(35)25-39-23-21-19-17-15-13-11-9-7-5-6-8-10-12-14-16-18-20-22-24-40-26-32(36)28-42-34(38)30(3)4/h31-32,35-36H,1,3,5-28H2,2,4H3. The molecule has 0 saturated heterocycles. The molecule has 42 heavy (non-hydrogen) atoms. The average Bonchev–Trinajstić information content (AvgIpc) is 2.96. The summed E-state index contributed by atoms with van der Waals surface area (Å²) in [6.07, 6.45) is 21.2. The van der Waals surface area contributed by atoms with E-state index in [9.17, 15) is 19.8 Å². The molecule has 0 spiro atoms. The molecule has 0 aromatic rings. The van der Waals surface area contributed by atoms with E-state index in [4.69, 9.17) is 18.9 Å². The summed E-state index contributed by atoms with van der Waals surface area (Å²) < 4.78 is 20.7. The van der Waals surface area contributed by atoms with Crippen molar-refractivity contribution in [2.75, 3.05) is 39.6 Å². The van der Waals surface area contributed by atoms with Crippen LogP contribution in [0.3, 0.4) is 0 Å². The normalized spacial score (nSPS) is 12.6. The number of aliphatic hydroxyl groups excluding tert-OH is 2. The number of esters is 2. The van der Waals surface area contributed by atoms with Crippen LogP contribution >= 0.6 is 0 Å². The van der Waals surface area contributed by atoms with Crippen molar-refractivity contribution in [3.05, 3.63) is 24.3 Å². The molecule has 0 saturated carbocycles. The van der Waals surface area contributed by atoms with Gasteiger partial charge in [-0.05, 0) is 26.7 Å². The minimum atomic E-state index is -0.787. The Balaban J connectivity index is 3.22. The van der Waals surface area contributed by atoms with Crippen molar-refractivity contribution in [1.29, 1.82) is 0 Å². The third-order valence-electron chi connectivity index (χ3n) is 6.96. The molecule has 8 heteroatoms. The van der Waals surface area contributed by atoms with Gasteiger partial charge in [0, 0.05) is 24.4 Å². The average molecular weight is 599 g/mol. The van der Waals surface area contributed by atoms with Crippen molar-refractivity contribution in [2.45, 2.75) is 142 Å². The molecule has 8 nitrogen and oxygen atoms in total. The summed E-state index contributed by atoms with van der Waals surface area (Å²) >= 11 is 0. The highest BCUT2D eigenvalue weighted by Gasteiger charge is 2.10. The van der Waals surface area contributed by atoms with Crippen molar-refractivity contribution in [1.82, 2.24) is 0 Å². The number of hydrogen-bond acceptors (Lipinski definition) is 8. The Kier molecular flexibility index (Phi) is 28.1. The first-order valence-electron chi connectivity index (χ1n) is 16.4. The second kappa shape index (κ2) is 29.3. The monoisotopic (exact) mass is 598 g/mol. The highest BCUT2D eigenvalue weighted by Crippen LogP contribution is 2.14. The first kappa shape index (κ1) is 40.3. The maximum atomic E-state index is 11.3. The van der Waals surface area contributed by atoms with Gasteiger partial charge in [-0.25, -0.2) is 9.59 Å². The largest absolute Gasteiger partial charge is 0.460 e. The molecule has 2 atom stereocenters. The topological polar surface area (TPSA) is 112 Å². The van der Waals surface area contributed by atoms with Gasteiger partial charge in [-0.3, -0.25) is 0 Å². The first-order valence-corrected chi connectivity index (χ1v) is 16.4. The van der Waals surface area contributed by atoms with E-state index < -0.39 is 24.1 Å². The van der Waals surface area contributed by atoms with Crippen molar-refractivity contribution in [3.63, 3.8) is 0 Å². The summed E-state index contributed by atoms with van der Waals surface area (Å²) in [7, 11) is 0. The van der Waals surface area contributed by atoms with Gasteiger partial charge in [-0.1, -0.05) is 116 Å². The van der Waals surface area contributed by atoms with E-state index in [1.807, 2.05) is 0 Å². The zero-order valence-electron chi connectivity index (χ0n) is 26.9. The second-order valence-corrected chi connectivity index (χ2v) is 11.6. The Bertz CT molecular complexity index is 635. The summed E-state index contributed by atoms with van der Waals surface area (Å²) in [6, 6.07) is 0. The fraction of sp³-hybridized carbons (Fsp3) is 0.824. The van der Waals surface area contributed by atoms with Crippen LogP contribution in [-0.2, 0) is 28.5 Å². The minimum Gasteiger partial charge on any atom is -0.460 e. The summed E-state index contributed by atoms with van der Waals surface area (Å²) in [4.78, 5) is 22.6. The lowest BCUT2D eigenvalue weighted by Crippen LogP contribution is -2.24. The van der Waals surface area contributed by atoms with E-state index in [1.54, 1.807) is 13.8 Å². The van der Waals surface area contributed by atoms with Gasteiger partial charge >= 0.3 is 11.9 Å². The highest BCUT2D eigenvalue weighted by atomic mass is 16.6. The van der Waals surface area contributed by atoms with Gasteiger partial charge in [0.2, 0.25) is 0 Å². The molecule has 0 heterocycles. The summed E-state index contributed by atoms with van der Waals surface area (Å²) in [5, 5.41) is 19.5. The maximum absolute atomic E-state index is 11.3. The Hall–Kier alpha value is -1.74. The molecule has 0 aliphatic rings. The molecule has 0 bridgehead atoms. The van der Waals surface area contributed by atoms with Crippen LogP contribution in [0.2, 0.25) is 0 Å². The number of ether oxygens (including phenoxy) is 4. The van der Waals surface area contributed by atoms with Crippen LogP contribution in [0.1, 0.15) is 129 Å². The molecule has 0 aliphatic heterocycles. The Morgan fingerprint density at radius 2 is 0.714 bits per heavy atom. The zero-order chi connectivity index (χ0) is 31.3. The number of carbonyl (C=O) groups is 2. The number of unbranched alkanes of at least 4 members (excludes halogenated alkanes) is 17. The molecule has 0 aromatic heterocycles. The molecule has 0 rings (SSSR count). The predicted octanol–water partition coefficient (Wildman–Crippen LogP) is 7.00. The van der Waals surface area contributed by atoms with Crippen molar-refractivity contribution in [2.24, 2.45) is 0 Å². The fourth-order valence-electron chi connectivity index (χ4n) is 4.36. The lowest BCUT2D eigenvalue weighted by Gasteiger charge is -2.11. The van der Waals surface area contributed by atoms with Crippen molar-refractivity contribution in [3.8, 4) is 0 Å². The highest BCUT2D eigenvalue weighted by molar-refractivity contribution is 5.87. The molecule has 0 aromatic carbocycles. The summed E-state index contributed by atoms with van der Waals surface area (Å²) in [6.45, 7) is 11.7. The number of hydrogen-bond donors (Lipinski definition) is 2. The lowest BCUT2D eigenvalue weighted by atomic mass is 10.0. The third-order valence-corrected chi connectivity index (χ3v) is 6.96. The molecule has 246 valence electrons. The van der Waals surface area contributed by atoms with Gasteiger partial charge in [-0.15, -0.1) is 0 Å². The number of aliphatic hydroxyl groups is 2. The molecule has 2 N–H and O–H groups in total. The first-order chi connectivity index (χ1) is 20.2. The van der Waals surface area contributed by atoms with Crippen LogP contribution in [0, 0.1) is 0 Å². The van der Waals surface area contributed by atoms with Gasteiger partial charge in [0.15, 0.2) is 0 Å². The van der Waals surface area contributed by atoms with Gasteiger partial charge < -0.3 is 29.2 Å². The van der Waals surface area contributed by atoms with E-state index in [0.717, 1.165) is 25.7 Å². The smallest absolute Gasteiger partial charge is 0.333 e. The Morgan fingerprint density at radius 3 is 0.952 bits per heavy atom. The van der Waals surface area contributed by atoms with Crippen LogP contribution in [0.15, 0.2) is 24.3 Å². The van der Waals surface area contributed by atoms with Crippen molar-refractivity contribution < 1.29 is 38.7 Å². The number of carbonyl (C=O) groups excluding carboxylic acids is 2. The molecular formula is C34H62O8. The van der Waals surface area contributed by atoms with E-state index in [2.05, 4.69) is 13.2 Å². The second-order valence-electron chi connectivity index (χ2n) is 11.6. The molecule has 0 fully saturated rings. The molecule has 0 aliphatic carbocycles. The summed E-state index contributed by atoms with van der Waals surface area (Å²) in [5.41, 5.74) is 0.653. The van der Waals surface area contributed by atoms with E-state index >= 15 is 0 Å². The van der Waals surface area contributed by atoms with Crippen molar-refractivity contribution >= 4 is 11.9 Å². The van der Waals surface area contributed by atoms with Crippen LogP contribution < -0.4 is 0 Å². The summed E-state index contributed by atoms with van der Waals surface area (Å²) in [5.74, 6) is -0.968. The maximum Gasteiger partial charge on any atom is 0.333 e. The predicted molar refractivity (Wildman–Crippen MR) is 168 cm³/mol.